The Balaban J connectivity index is 0.000000236. The largest absolute Gasteiger partial charge is 0.416 e. The molecule has 4 nitrogen and oxygen atoms in total. The summed E-state index contributed by atoms with van der Waals surface area (Å²) in [5, 5.41) is 14.2. The van der Waals surface area contributed by atoms with Crippen molar-refractivity contribution < 1.29 is 13.2 Å². The van der Waals surface area contributed by atoms with Crippen molar-refractivity contribution >= 4 is 11.6 Å². The number of alkyl halides is 4. The van der Waals surface area contributed by atoms with E-state index in [2.05, 4.69) is 15.5 Å². The maximum absolute atomic E-state index is 12.6. The van der Waals surface area contributed by atoms with Gasteiger partial charge in [-0.1, -0.05) is 12.1 Å². The SMILES string of the molecule is FC(F)(F)c1ccc([C@]23C[C@H]2CN(CCCCl)C3)cc1.N#CC1=CNCNC1. The lowest BCUT2D eigenvalue weighted by Crippen LogP contribution is -2.32. The van der Waals surface area contributed by atoms with Gasteiger partial charge in [-0.25, -0.2) is 0 Å². The van der Waals surface area contributed by atoms with Crippen molar-refractivity contribution in [3.63, 3.8) is 0 Å². The molecule has 0 amide bonds. The Hall–Kier alpha value is -1.75. The van der Waals surface area contributed by atoms with E-state index in [-0.39, 0.29) is 5.41 Å². The lowest BCUT2D eigenvalue weighted by Gasteiger charge is -2.21. The molecule has 0 aromatic heterocycles. The Morgan fingerprint density at radius 1 is 1.29 bits per heavy atom. The molecule has 4 rings (SSSR count). The van der Waals surface area contributed by atoms with E-state index >= 15 is 0 Å². The molecule has 8 heteroatoms. The van der Waals surface area contributed by atoms with E-state index in [9.17, 15) is 13.2 Å². The van der Waals surface area contributed by atoms with Crippen LogP contribution >= 0.6 is 11.6 Å². The van der Waals surface area contributed by atoms with Crippen molar-refractivity contribution in [2.75, 3.05) is 38.7 Å². The third-order valence-corrected chi connectivity index (χ3v) is 5.84. The first-order valence-corrected chi connectivity index (χ1v) is 9.92. The maximum atomic E-state index is 12.6. The molecule has 1 aliphatic carbocycles. The van der Waals surface area contributed by atoms with Crippen molar-refractivity contribution in [2.24, 2.45) is 5.92 Å². The van der Waals surface area contributed by atoms with Gasteiger partial charge in [0.15, 0.2) is 0 Å². The molecular formula is C20H24ClF3N4. The smallest absolute Gasteiger partial charge is 0.378 e. The van der Waals surface area contributed by atoms with Gasteiger partial charge in [0, 0.05) is 37.1 Å². The monoisotopic (exact) mass is 412 g/mol. The Morgan fingerprint density at radius 3 is 2.57 bits per heavy atom. The number of hydrogen-bond donors (Lipinski definition) is 2. The van der Waals surface area contributed by atoms with Crippen LogP contribution in [0.5, 0.6) is 0 Å². The van der Waals surface area contributed by atoms with E-state index in [1.165, 1.54) is 12.1 Å². The van der Waals surface area contributed by atoms with Crippen LogP contribution in [0.3, 0.4) is 0 Å². The summed E-state index contributed by atoms with van der Waals surface area (Å²) < 4.78 is 37.8. The van der Waals surface area contributed by atoms with E-state index in [1.54, 1.807) is 18.3 Å². The predicted octanol–water partition coefficient (Wildman–Crippen LogP) is 3.45. The van der Waals surface area contributed by atoms with Crippen LogP contribution in [0.2, 0.25) is 0 Å². The average Bonchev–Trinajstić information content (AvgIpc) is 3.28. The minimum atomic E-state index is -4.25. The van der Waals surface area contributed by atoms with Gasteiger partial charge < -0.3 is 10.2 Å². The Bertz CT molecular complexity index is 741. The first kappa shape index (κ1) is 21.0. The molecule has 0 unspecified atom stereocenters. The Labute approximate surface area is 168 Å². The highest BCUT2D eigenvalue weighted by Crippen LogP contribution is 2.59. The summed E-state index contributed by atoms with van der Waals surface area (Å²) in [5.74, 6) is 1.27. The molecule has 0 spiro atoms. The molecule has 28 heavy (non-hydrogen) atoms. The molecule has 1 aromatic carbocycles. The summed E-state index contributed by atoms with van der Waals surface area (Å²) in [6.45, 7) is 4.47. The molecular weight excluding hydrogens is 389 g/mol. The molecule has 1 saturated carbocycles. The standard InChI is InChI=1S/C15H17ClF3N.C5H7N3/c16-6-1-7-20-9-13-8-14(13,10-20)11-2-4-12(5-3-11)15(17,18)19;6-1-5-2-7-4-8-3-5/h2-5,13H,1,6-10H2;2,7-8H,3-4H2/t13-,14+;/m0./s1. The molecule has 2 aliphatic heterocycles. The number of nitrogens with one attached hydrogen (secondary N) is 2. The van der Waals surface area contributed by atoms with Crippen molar-refractivity contribution in [1.29, 1.82) is 5.26 Å². The second kappa shape index (κ2) is 8.73. The first-order chi connectivity index (χ1) is 13.4. The highest BCUT2D eigenvalue weighted by molar-refractivity contribution is 6.17. The van der Waals surface area contributed by atoms with Crippen molar-refractivity contribution in [1.82, 2.24) is 15.5 Å². The quantitative estimate of drug-likeness (QED) is 0.744. The summed E-state index contributed by atoms with van der Waals surface area (Å²) in [6, 6.07) is 7.78. The molecule has 0 radical (unpaired) electrons. The molecule has 2 atom stereocenters. The summed E-state index contributed by atoms with van der Waals surface area (Å²) in [7, 11) is 0. The van der Waals surface area contributed by atoms with Gasteiger partial charge in [-0.2, -0.15) is 18.4 Å². The highest BCUT2D eigenvalue weighted by Gasteiger charge is 2.60. The fourth-order valence-electron chi connectivity index (χ4n) is 4.05. The number of likely N-dealkylation sites (tertiary alicyclic amines) is 1. The summed E-state index contributed by atoms with van der Waals surface area (Å²) in [6.07, 6.45) is -0.440. The normalized spacial score (nSPS) is 26.2. The van der Waals surface area contributed by atoms with Gasteiger partial charge in [0.2, 0.25) is 0 Å². The molecule has 2 N–H and O–H groups in total. The van der Waals surface area contributed by atoms with Crippen LogP contribution < -0.4 is 10.6 Å². The molecule has 2 fully saturated rings. The zero-order valence-electron chi connectivity index (χ0n) is 15.5. The summed E-state index contributed by atoms with van der Waals surface area (Å²) >= 11 is 5.71. The minimum Gasteiger partial charge on any atom is -0.378 e. The lowest BCUT2D eigenvalue weighted by molar-refractivity contribution is -0.137. The number of halogens is 4. The van der Waals surface area contributed by atoms with E-state index in [4.69, 9.17) is 16.9 Å². The number of nitriles is 1. The van der Waals surface area contributed by atoms with Gasteiger partial charge in [-0.3, -0.25) is 5.32 Å². The van der Waals surface area contributed by atoms with Gasteiger partial charge in [0.25, 0.3) is 0 Å². The fraction of sp³-hybridized carbons (Fsp3) is 0.550. The first-order valence-electron chi connectivity index (χ1n) is 9.38. The maximum Gasteiger partial charge on any atom is 0.416 e. The molecule has 1 saturated heterocycles. The van der Waals surface area contributed by atoms with Crippen LogP contribution in [0, 0.1) is 17.2 Å². The molecule has 1 aromatic rings. The number of benzene rings is 1. The number of rotatable bonds is 4. The van der Waals surface area contributed by atoms with Gasteiger partial charge in [0.05, 0.1) is 23.9 Å². The number of hydrogen-bond acceptors (Lipinski definition) is 4. The second-order valence-electron chi connectivity index (χ2n) is 7.50. The van der Waals surface area contributed by atoms with Crippen LogP contribution in [-0.2, 0) is 11.6 Å². The second-order valence-corrected chi connectivity index (χ2v) is 7.88. The van der Waals surface area contributed by atoms with Gasteiger partial charge in [-0.15, -0.1) is 11.6 Å². The summed E-state index contributed by atoms with van der Waals surface area (Å²) in [4.78, 5) is 2.38. The van der Waals surface area contributed by atoms with Crippen LogP contribution in [-0.4, -0.2) is 43.6 Å². The molecule has 152 valence electrons. The number of piperidine rings is 1. The van der Waals surface area contributed by atoms with Crippen LogP contribution in [0.4, 0.5) is 13.2 Å². The van der Waals surface area contributed by atoms with Crippen molar-refractivity contribution in [3.05, 3.63) is 47.2 Å². The van der Waals surface area contributed by atoms with E-state index in [0.717, 1.165) is 50.3 Å². The molecule has 0 bridgehead atoms. The minimum absolute atomic E-state index is 0.108. The zero-order valence-corrected chi connectivity index (χ0v) is 16.3. The molecule has 2 heterocycles. The zero-order chi connectivity index (χ0) is 20.2. The van der Waals surface area contributed by atoms with Crippen LogP contribution in [0.15, 0.2) is 36.0 Å². The Morgan fingerprint density at radius 2 is 2.04 bits per heavy atom. The highest BCUT2D eigenvalue weighted by atomic mass is 35.5. The van der Waals surface area contributed by atoms with Crippen LogP contribution in [0.25, 0.3) is 0 Å². The predicted molar refractivity (Wildman–Crippen MR) is 103 cm³/mol. The summed E-state index contributed by atoms with van der Waals surface area (Å²) in [5.41, 5.74) is 1.36. The van der Waals surface area contributed by atoms with Gasteiger partial charge in [0.1, 0.15) is 0 Å². The number of fused-ring (bicyclic) bond motifs is 1. The fourth-order valence-corrected chi connectivity index (χ4v) is 4.16. The topological polar surface area (TPSA) is 51.1 Å². The molecule has 3 aliphatic rings. The van der Waals surface area contributed by atoms with Gasteiger partial charge >= 0.3 is 6.18 Å². The van der Waals surface area contributed by atoms with Gasteiger partial charge in [-0.05, 0) is 43.0 Å². The third kappa shape index (κ3) is 4.80. The average molecular weight is 413 g/mol. The van der Waals surface area contributed by atoms with E-state index in [0.29, 0.717) is 18.3 Å². The van der Waals surface area contributed by atoms with Crippen molar-refractivity contribution in [3.8, 4) is 6.07 Å². The lowest BCUT2D eigenvalue weighted by atomic mass is 9.94. The van der Waals surface area contributed by atoms with E-state index in [1.807, 2.05) is 6.07 Å². The number of nitrogens with zero attached hydrogens (tertiary/aromatic N) is 2. The van der Waals surface area contributed by atoms with Crippen molar-refractivity contribution in [2.45, 2.75) is 24.4 Å². The van der Waals surface area contributed by atoms with Crippen LogP contribution in [0.1, 0.15) is 24.0 Å². The third-order valence-electron chi connectivity index (χ3n) is 5.57. The Kier molecular flexibility index (Phi) is 6.54. The van der Waals surface area contributed by atoms with E-state index < -0.39 is 11.7 Å².